The molecule has 0 bridgehead atoms. The van der Waals surface area contributed by atoms with Gasteiger partial charge in [-0.2, -0.15) is 5.26 Å². The summed E-state index contributed by atoms with van der Waals surface area (Å²) in [5, 5.41) is 7.32. The van der Waals surface area contributed by atoms with Gasteiger partial charge in [0.25, 0.3) is 0 Å². The molecule has 3 heterocycles. The number of rotatable bonds is 2. The molecule has 22 heavy (non-hydrogen) atoms. The maximum atomic E-state index is 7.32. The van der Waals surface area contributed by atoms with E-state index in [1.54, 1.807) is 18.5 Å². The van der Waals surface area contributed by atoms with Crippen molar-refractivity contribution in [3.63, 3.8) is 0 Å². The molecule has 0 fully saturated rings. The van der Waals surface area contributed by atoms with Gasteiger partial charge in [-0.25, -0.2) is 4.98 Å². The van der Waals surface area contributed by atoms with Crippen molar-refractivity contribution in [2.45, 2.75) is 6.92 Å². The van der Waals surface area contributed by atoms with Crippen molar-refractivity contribution >= 4 is 0 Å². The second kappa shape index (κ2) is 9.52. The fourth-order valence-corrected chi connectivity index (χ4v) is 1.75. The van der Waals surface area contributed by atoms with E-state index in [0.29, 0.717) is 0 Å². The number of nitrogens with zero attached hydrogens (tertiary/aromatic N) is 4. The largest absolute Gasteiger partial charge is 0.255 e. The Morgan fingerprint density at radius 2 is 1.14 bits per heavy atom. The van der Waals surface area contributed by atoms with Crippen LogP contribution >= 0.6 is 0 Å². The molecule has 112 valence electrons. The number of nitriles is 1. The van der Waals surface area contributed by atoms with Gasteiger partial charge in [-0.1, -0.05) is 18.2 Å². The van der Waals surface area contributed by atoms with E-state index in [9.17, 15) is 0 Å². The molecule has 0 aliphatic carbocycles. The topological polar surface area (TPSA) is 62.5 Å². The first kappa shape index (κ1) is 17.7. The zero-order chi connectivity index (χ0) is 14.9. The third kappa shape index (κ3) is 4.86. The first-order valence-corrected chi connectivity index (χ1v) is 6.46. The summed E-state index contributed by atoms with van der Waals surface area (Å²) in [6.07, 6.45) is 3.54. The minimum Gasteiger partial charge on any atom is -0.255 e. The summed E-state index contributed by atoms with van der Waals surface area (Å²) in [5.41, 5.74) is 3.46. The summed E-state index contributed by atoms with van der Waals surface area (Å²) in [4.78, 5) is 13.2. The van der Waals surface area contributed by atoms with Crippen molar-refractivity contribution < 1.29 is 20.4 Å². The van der Waals surface area contributed by atoms with Gasteiger partial charge >= 0.3 is 0 Å². The number of hydrogen-bond donors (Lipinski definition) is 0. The molecule has 0 saturated carbocycles. The van der Waals surface area contributed by atoms with Crippen LogP contribution in [0.5, 0.6) is 0 Å². The molecule has 3 aromatic heterocycles. The van der Waals surface area contributed by atoms with Crippen LogP contribution in [0.25, 0.3) is 22.8 Å². The van der Waals surface area contributed by atoms with Crippen molar-refractivity contribution in [3.8, 4) is 28.8 Å². The van der Waals surface area contributed by atoms with Gasteiger partial charge in [0.15, 0.2) is 0 Å². The quantitative estimate of drug-likeness (QED) is 0.635. The molecule has 0 N–H and O–H groups in total. The molecule has 0 radical (unpaired) electrons. The number of hydrogen-bond acceptors (Lipinski definition) is 4. The van der Waals surface area contributed by atoms with Crippen LogP contribution in [0.2, 0.25) is 0 Å². The fraction of sp³-hybridized carbons (Fsp3) is 0.0588. The molecule has 0 unspecified atom stereocenters. The first-order valence-electron chi connectivity index (χ1n) is 6.46. The minimum absolute atomic E-state index is 0. The molecule has 0 spiro atoms. The predicted molar refractivity (Wildman–Crippen MR) is 82.0 cm³/mol. The molecule has 0 amide bonds. The maximum absolute atomic E-state index is 7.32. The summed E-state index contributed by atoms with van der Waals surface area (Å²) < 4.78 is 0. The van der Waals surface area contributed by atoms with Gasteiger partial charge in [-0.15, -0.1) is 0 Å². The Bertz CT molecular complexity index is 670. The Morgan fingerprint density at radius 3 is 1.50 bits per heavy atom. The molecule has 0 saturated heterocycles. The Balaban J connectivity index is 0.000000562. The standard InChI is InChI=1S/C15H11N3.C2H3N.Pd/c1-3-10-16-12(6-1)14-8-5-9-15(18-14)13-7-2-4-11-17-13;1-2-3;/h1-11H;1H3;. The van der Waals surface area contributed by atoms with Gasteiger partial charge in [0.1, 0.15) is 0 Å². The van der Waals surface area contributed by atoms with Crippen LogP contribution in [0.1, 0.15) is 6.92 Å². The van der Waals surface area contributed by atoms with Crippen molar-refractivity contribution in [1.82, 2.24) is 15.0 Å². The normalized spacial score (nSPS) is 8.73. The minimum atomic E-state index is 0. The van der Waals surface area contributed by atoms with Gasteiger partial charge in [-0.3, -0.25) is 9.97 Å². The van der Waals surface area contributed by atoms with Crippen LogP contribution in [0, 0.1) is 11.3 Å². The van der Waals surface area contributed by atoms with Gasteiger partial charge in [0, 0.05) is 39.7 Å². The zero-order valence-electron chi connectivity index (χ0n) is 12.0. The predicted octanol–water partition coefficient (Wildman–Crippen LogP) is 3.73. The van der Waals surface area contributed by atoms with Gasteiger partial charge < -0.3 is 0 Å². The second-order valence-corrected chi connectivity index (χ2v) is 4.06. The van der Waals surface area contributed by atoms with Gasteiger partial charge in [0.2, 0.25) is 0 Å². The van der Waals surface area contributed by atoms with Crippen LogP contribution in [0.3, 0.4) is 0 Å². The van der Waals surface area contributed by atoms with E-state index in [0.717, 1.165) is 22.8 Å². The summed E-state index contributed by atoms with van der Waals surface area (Å²) >= 11 is 0. The van der Waals surface area contributed by atoms with E-state index >= 15 is 0 Å². The average molecular weight is 381 g/mol. The third-order valence-corrected chi connectivity index (χ3v) is 2.60. The molecule has 0 atom stereocenters. The van der Waals surface area contributed by atoms with E-state index < -0.39 is 0 Å². The molecule has 3 rings (SSSR count). The monoisotopic (exact) mass is 380 g/mol. The van der Waals surface area contributed by atoms with E-state index in [1.807, 2.05) is 54.6 Å². The Hall–Kier alpha value is -2.40. The van der Waals surface area contributed by atoms with Crippen molar-refractivity contribution in [2.75, 3.05) is 0 Å². The van der Waals surface area contributed by atoms with Crippen LogP contribution < -0.4 is 0 Å². The second-order valence-electron chi connectivity index (χ2n) is 4.06. The van der Waals surface area contributed by atoms with Crippen molar-refractivity contribution in [2.24, 2.45) is 0 Å². The molecule has 5 heteroatoms. The Kier molecular flexibility index (Phi) is 7.64. The smallest absolute Gasteiger partial charge is 0.0894 e. The third-order valence-electron chi connectivity index (χ3n) is 2.60. The summed E-state index contributed by atoms with van der Waals surface area (Å²) in [7, 11) is 0. The molecule has 4 nitrogen and oxygen atoms in total. The molecule has 0 aliphatic rings. The van der Waals surface area contributed by atoms with Crippen molar-refractivity contribution in [1.29, 1.82) is 5.26 Å². The van der Waals surface area contributed by atoms with Crippen molar-refractivity contribution in [3.05, 3.63) is 67.0 Å². The molecular weight excluding hydrogens is 367 g/mol. The average Bonchev–Trinajstić information content (AvgIpc) is 2.57. The molecule has 3 aromatic rings. The van der Waals surface area contributed by atoms with E-state index in [4.69, 9.17) is 5.26 Å². The Morgan fingerprint density at radius 1 is 0.727 bits per heavy atom. The van der Waals surface area contributed by atoms with E-state index in [1.165, 1.54) is 6.92 Å². The van der Waals surface area contributed by atoms with Crippen LogP contribution in [-0.2, 0) is 20.4 Å². The number of pyridine rings is 3. The SMILES string of the molecule is CC#N.[Pd].c1ccc(-c2cccc(-c3ccccn3)n2)nc1. The zero-order valence-corrected chi connectivity index (χ0v) is 13.5. The first-order chi connectivity index (χ1) is 10.3. The fourth-order valence-electron chi connectivity index (χ4n) is 1.75. The molecular formula is C17H14N4Pd. The Labute approximate surface area is 143 Å². The van der Waals surface area contributed by atoms with Crippen LogP contribution in [0.15, 0.2) is 67.0 Å². The summed E-state index contributed by atoms with van der Waals surface area (Å²) in [6, 6.07) is 19.2. The number of aromatic nitrogens is 3. The van der Waals surface area contributed by atoms with Gasteiger partial charge in [-0.05, 0) is 36.4 Å². The summed E-state index contributed by atoms with van der Waals surface area (Å²) in [5.74, 6) is 0. The van der Waals surface area contributed by atoms with E-state index in [-0.39, 0.29) is 20.4 Å². The van der Waals surface area contributed by atoms with Crippen LogP contribution in [-0.4, -0.2) is 15.0 Å². The molecule has 0 aromatic carbocycles. The summed E-state index contributed by atoms with van der Waals surface area (Å²) in [6.45, 7) is 1.43. The maximum Gasteiger partial charge on any atom is 0.0894 e. The van der Waals surface area contributed by atoms with Gasteiger partial charge in [0.05, 0.1) is 28.8 Å². The van der Waals surface area contributed by atoms with E-state index in [2.05, 4.69) is 15.0 Å². The van der Waals surface area contributed by atoms with Crippen LogP contribution in [0.4, 0.5) is 0 Å². The molecule has 0 aliphatic heterocycles.